The van der Waals surface area contributed by atoms with Crippen molar-refractivity contribution in [3.05, 3.63) is 107 Å². The second-order valence-electron chi connectivity index (χ2n) is 11.6. The van der Waals surface area contributed by atoms with E-state index in [-0.39, 0.29) is 35.6 Å². The van der Waals surface area contributed by atoms with E-state index in [0.717, 1.165) is 0 Å². The zero-order valence-electron chi connectivity index (χ0n) is 21.9. The summed E-state index contributed by atoms with van der Waals surface area (Å²) in [6.07, 6.45) is 0. The van der Waals surface area contributed by atoms with Crippen LogP contribution in [0.2, 0.25) is 0 Å². The van der Waals surface area contributed by atoms with E-state index in [2.05, 4.69) is 126 Å². The summed E-state index contributed by atoms with van der Waals surface area (Å²) >= 11 is 1.55. The predicted octanol–water partition coefficient (Wildman–Crippen LogP) is 3.24. The molecule has 0 fully saturated rings. The van der Waals surface area contributed by atoms with Crippen molar-refractivity contribution in [2.45, 2.75) is 56.0 Å². The Bertz CT molecular complexity index is 1250. The second kappa shape index (κ2) is 10.6. The zero-order chi connectivity index (χ0) is 24.3. The molecule has 183 valence electrons. The van der Waals surface area contributed by atoms with Gasteiger partial charge in [0, 0.05) is 0 Å². The fraction of sp³-hybridized carbons (Fsp3) is 0.273. The maximum atomic E-state index is 2.51. The fourth-order valence-electron chi connectivity index (χ4n) is 5.30. The van der Waals surface area contributed by atoms with Gasteiger partial charge in [0.2, 0.25) is 0 Å². The molecular formula is C33H33Cl2Zr. The van der Waals surface area contributed by atoms with Gasteiger partial charge in [-0.2, -0.15) is 0 Å². The van der Waals surface area contributed by atoms with E-state index < -0.39 is 0 Å². The van der Waals surface area contributed by atoms with E-state index in [1.807, 2.05) is 0 Å². The third-order valence-electron chi connectivity index (χ3n) is 7.08. The molecule has 0 N–H and O–H groups in total. The molecule has 5 rings (SSSR count). The van der Waals surface area contributed by atoms with Gasteiger partial charge in [0.1, 0.15) is 0 Å². The summed E-state index contributed by atoms with van der Waals surface area (Å²) < 4.78 is 0.463. The van der Waals surface area contributed by atoms with Gasteiger partial charge < -0.3 is 24.8 Å². The smallest absolute Gasteiger partial charge is 1.00 e. The number of fused-ring (bicyclic) bond motifs is 3. The molecule has 1 aliphatic rings. The van der Waals surface area contributed by atoms with Crippen molar-refractivity contribution in [3.8, 4) is 33.4 Å². The summed E-state index contributed by atoms with van der Waals surface area (Å²) in [6, 6.07) is 31.9. The molecule has 0 nitrogen and oxygen atoms in total. The largest absolute Gasteiger partial charge is 1.00 e. The van der Waals surface area contributed by atoms with Crippen molar-refractivity contribution in [2.24, 2.45) is 0 Å². The Morgan fingerprint density at radius 3 is 1.14 bits per heavy atom. The summed E-state index contributed by atoms with van der Waals surface area (Å²) in [7, 11) is 0. The average molecular weight is 592 g/mol. The van der Waals surface area contributed by atoms with Gasteiger partial charge in [0.05, 0.1) is 0 Å². The number of hydrogen-bond donors (Lipinski definition) is 0. The van der Waals surface area contributed by atoms with E-state index in [1.54, 1.807) is 24.7 Å². The van der Waals surface area contributed by atoms with Crippen molar-refractivity contribution in [3.63, 3.8) is 0 Å². The van der Waals surface area contributed by atoms with E-state index in [1.165, 1.54) is 55.6 Å². The third-order valence-corrected chi connectivity index (χ3v) is 8.61. The SMILES string of the molecule is CC(C)(C)c1cc2c(cc1-c1ccccc1)[CH]([Zr+2])c1cc(-c3ccccc3)c(C(C)(C)C)cc1-2.[Cl-].[Cl-]. The van der Waals surface area contributed by atoms with E-state index >= 15 is 0 Å². The monoisotopic (exact) mass is 589 g/mol. The Balaban J connectivity index is 0.00000180. The molecule has 4 aromatic rings. The molecule has 0 unspecified atom stereocenters. The summed E-state index contributed by atoms with van der Waals surface area (Å²) in [5, 5.41) is 0. The van der Waals surface area contributed by atoms with Crippen molar-refractivity contribution >= 4 is 0 Å². The first-order valence-electron chi connectivity index (χ1n) is 12.2. The third kappa shape index (κ3) is 5.18. The standard InChI is InChI=1S/C33H33.2ClH.Zr/c1-32(2,3)30-20-26-24(18-28(30)22-13-9-7-10-14-22)17-25-19-29(23-15-11-8-12-16-23)31(21-27(25)26)33(4,5)6;;;/h7-21H,1-6H3;2*1H;/q;;;+2/p-2. The van der Waals surface area contributed by atoms with Gasteiger partial charge in [-0.15, -0.1) is 0 Å². The first-order chi connectivity index (χ1) is 16.1. The first kappa shape index (κ1) is 28.9. The molecule has 0 heterocycles. The van der Waals surface area contributed by atoms with Crippen LogP contribution in [0.25, 0.3) is 33.4 Å². The molecule has 0 aromatic heterocycles. The number of benzene rings is 4. The van der Waals surface area contributed by atoms with Crippen LogP contribution in [0.5, 0.6) is 0 Å². The number of hydrogen-bond acceptors (Lipinski definition) is 0. The first-order valence-corrected chi connectivity index (χ1v) is 13.7. The molecule has 36 heavy (non-hydrogen) atoms. The molecule has 0 saturated carbocycles. The number of rotatable bonds is 2. The van der Waals surface area contributed by atoms with Crippen LogP contribution in [-0.4, -0.2) is 0 Å². The topological polar surface area (TPSA) is 0 Å². The number of halogens is 2. The van der Waals surface area contributed by atoms with Crippen molar-refractivity contribution in [1.29, 1.82) is 0 Å². The molecule has 0 atom stereocenters. The molecule has 0 saturated heterocycles. The summed E-state index contributed by atoms with van der Waals surface area (Å²) in [4.78, 5) is 0. The predicted molar refractivity (Wildman–Crippen MR) is 142 cm³/mol. The van der Waals surface area contributed by atoms with Gasteiger partial charge in [-0.3, -0.25) is 0 Å². The van der Waals surface area contributed by atoms with Crippen molar-refractivity contribution in [2.75, 3.05) is 0 Å². The van der Waals surface area contributed by atoms with Gasteiger partial charge in [-0.05, 0) is 0 Å². The second-order valence-corrected chi connectivity index (χ2v) is 13.1. The maximum absolute atomic E-state index is 2.51. The van der Waals surface area contributed by atoms with E-state index in [9.17, 15) is 0 Å². The van der Waals surface area contributed by atoms with Crippen LogP contribution in [0.15, 0.2) is 84.9 Å². The van der Waals surface area contributed by atoms with Gasteiger partial charge in [0.25, 0.3) is 0 Å². The minimum absolute atomic E-state index is 0. The van der Waals surface area contributed by atoms with Crippen LogP contribution in [0, 0.1) is 0 Å². The molecule has 1 aliphatic carbocycles. The van der Waals surface area contributed by atoms with Crippen LogP contribution in [0.4, 0.5) is 0 Å². The van der Waals surface area contributed by atoms with Crippen LogP contribution in [0.1, 0.15) is 67.4 Å². The zero-order valence-corrected chi connectivity index (χ0v) is 25.9. The maximum Gasteiger partial charge on any atom is -1.00 e. The summed E-state index contributed by atoms with van der Waals surface area (Å²) in [6.45, 7) is 14.0. The van der Waals surface area contributed by atoms with Crippen molar-refractivity contribution in [1.82, 2.24) is 0 Å². The van der Waals surface area contributed by atoms with Gasteiger partial charge >= 0.3 is 221 Å². The van der Waals surface area contributed by atoms with Gasteiger partial charge in [-0.1, -0.05) is 0 Å². The Morgan fingerprint density at radius 1 is 0.500 bits per heavy atom. The molecule has 0 radical (unpaired) electrons. The molecular weight excluding hydrogens is 558 g/mol. The Morgan fingerprint density at radius 2 is 0.833 bits per heavy atom. The Hall–Kier alpha value is -1.66. The van der Waals surface area contributed by atoms with Crippen LogP contribution in [0.3, 0.4) is 0 Å². The summed E-state index contributed by atoms with van der Waals surface area (Å²) in [5.74, 6) is 0. The van der Waals surface area contributed by atoms with E-state index in [0.29, 0.717) is 3.63 Å². The minimum Gasteiger partial charge on any atom is -1.00 e. The van der Waals surface area contributed by atoms with Crippen LogP contribution >= 0.6 is 0 Å². The van der Waals surface area contributed by atoms with Gasteiger partial charge in [0.15, 0.2) is 0 Å². The summed E-state index contributed by atoms with van der Waals surface area (Å²) in [5.41, 5.74) is 14.2. The average Bonchev–Trinajstić information content (AvgIpc) is 3.08. The fourth-order valence-corrected chi connectivity index (χ4v) is 6.47. The normalized spacial score (nSPS) is 12.9. The quantitative estimate of drug-likeness (QED) is 0.336. The van der Waals surface area contributed by atoms with Crippen molar-refractivity contribution < 1.29 is 49.5 Å². The molecule has 3 heteroatoms. The molecule has 4 aromatic carbocycles. The Labute approximate surface area is 244 Å². The van der Waals surface area contributed by atoms with E-state index in [4.69, 9.17) is 0 Å². The van der Waals surface area contributed by atoms with Crippen LogP contribution < -0.4 is 24.8 Å². The minimum atomic E-state index is 0. The van der Waals surface area contributed by atoms with Gasteiger partial charge in [-0.25, -0.2) is 0 Å². The van der Waals surface area contributed by atoms with Crippen LogP contribution in [-0.2, 0) is 35.5 Å². The molecule has 0 bridgehead atoms. The molecule has 0 aliphatic heterocycles. The Kier molecular flexibility index (Phi) is 8.52. The molecule has 0 spiro atoms. The molecule has 0 amide bonds.